The number of urea groups is 1. The van der Waals surface area contributed by atoms with Gasteiger partial charge >= 0.3 is 12.0 Å². The summed E-state index contributed by atoms with van der Waals surface area (Å²) >= 11 is 1.29. The first kappa shape index (κ1) is 17.7. The number of esters is 1. The van der Waals surface area contributed by atoms with Gasteiger partial charge in [0.25, 0.3) is 0 Å². The van der Waals surface area contributed by atoms with Crippen molar-refractivity contribution < 1.29 is 14.3 Å². The number of aromatic nitrogens is 3. The zero-order valence-electron chi connectivity index (χ0n) is 14.3. The van der Waals surface area contributed by atoms with Crippen molar-refractivity contribution >= 4 is 38.8 Å². The van der Waals surface area contributed by atoms with Crippen LogP contribution in [0.1, 0.15) is 24.2 Å². The number of pyridine rings is 2. The van der Waals surface area contributed by atoms with Crippen LogP contribution in [-0.4, -0.2) is 40.1 Å². The van der Waals surface area contributed by atoms with E-state index in [1.807, 2.05) is 13.0 Å². The van der Waals surface area contributed by atoms with Crippen molar-refractivity contribution in [2.45, 2.75) is 13.8 Å². The number of fused-ring (bicyclic) bond motifs is 1. The van der Waals surface area contributed by atoms with Crippen molar-refractivity contribution in [1.82, 2.24) is 20.3 Å². The molecule has 0 atom stereocenters. The Morgan fingerprint density at radius 1 is 1.15 bits per heavy atom. The van der Waals surface area contributed by atoms with E-state index >= 15 is 0 Å². The Kier molecular flexibility index (Phi) is 5.37. The third kappa shape index (κ3) is 3.94. The maximum atomic E-state index is 11.9. The van der Waals surface area contributed by atoms with Gasteiger partial charge in [-0.15, -0.1) is 0 Å². The number of rotatable bonds is 5. The number of amides is 2. The summed E-state index contributed by atoms with van der Waals surface area (Å²) in [5.74, 6) is -0.419. The molecule has 0 aliphatic carbocycles. The van der Waals surface area contributed by atoms with E-state index in [1.54, 1.807) is 25.4 Å². The molecule has 3 aromatic heterocycles. The van der Waals surface area contributed by atoms with Gasteiger partial charge in [-0.05, 0) is 26.0 Å². The number of hydrogen-bond donors (Lipinski definition) is 2. The second-order valence-electron chi connectivity index (χ2n) is 5.23. The second-order valence-corrected chi connectivity index (χ2v) is 6.21. The molecule has 0 bridgehead atoms. The minimum absolute atomic E-state index is 0.302. The third-order valence-electron chi connectivity index (χ3n) is 3.39. The van der Waals surface area contributed by atoms with Crippen molar-refractivity contribution in [3.63, 3.8) is 0 Å². The van der Waals surface area contributed by atoms with Crippen molar-refractivity contribution in [2.24, 2.45) is 0 Å². The Morgan fingerprint density at radius 3 is 2.73 bits per heavy atom. The summed E-state index contributed by atoms with van der Waals surface area (Å²) in [5.41, 5.74) is 2.53. The highest BCUT2D eigenvalue weighted by Gasteiger charge is 2.12. The minimum Gasteiger partial charge on any atom is -0.462 e. The topological polar surface area (TPSA) is 106 Å². The molecule has 2 N–H and O–H groups in total. The molecule has 0 aliphatic rings. The average molecular weight is 371 g/mol. The van der Waals surface area contributed by atoms with Crippen LogP contribution in [0.4, 0.5) is 9.93 Å². The molecule has 0 unspecified atom stereocenters. The van der Waals surface area contributed by atoms with E-state index in [4.69, 9.17) is 4.74 Å². The molecule has 3 rings (SSSR count). The SMILES string of the molecule is CCNC(=O)Nc1nc2cc(-c3cncc(C(=O)OCC)c3)cnc2s1. The summed E-state index contributed by atoms with van der Waals surface area (Å²) in [6, 6.07) is 3.24. The highest BCUT2D eigenvalue weighted by molar-refractivity contribution is 7.21. The molecule has 0 aromatic carbocycles. The number of nitrogens with zero attached hydrogens (tertiary/aromatic N) is 3. The minimum atomic E-state index is -0.419. The van der Waals surface area contributed by atoms with Gasteiger partial charge in [-0.2, -0.15) is 0 Å². The Labute approximate surface area is 153 Å². The Bertz CT molecular complexity index is 956. The summed E-state index contributed by atoms with van der Waals surface area (Å²) in [7, 11) is 0. The predicted octanol–water partition coefficient (Wildman–Crippen LogP) is 3.07. The van der Waals surface area contributed by atoms with Gasteiger partial charge in [0.15, 0.2) is 5.13 Å². The molecular weight excluding hydrogens is 354 g/mol. The molecule has 2 amide bonds. The van der Waals surface area contributed by atoms with E-state index in [2.05, 4.69) is 25.6 Å². The molecule has 8 nitrogen and oxygen atoms in total. The lowest BCUT2D eigenvalue weighted by Crippen LogP contribution is -2.28. The molecule has 0 fully saturated rings. The highest BCUT2D eigenvalue weighted by atomic mass is 32.1. The molecule has 134 valence electrons. The van der Waals surface area contributed by atoms with Crippen LogP contribution in [-0.2, 0) is 4.74 Å². The van der Waals surface area contributed by atoms with Gasteiger partial charge in [0.2, 0.25) is 0 Å². The standard InChI is InChI=1S/C17H17N5O3S/c1-3-19-16(24)22-17-21-13-6-11(9-20-14(13)26-17)10-5-12(8-18-7-10)15(23)25-4-2/h5-9H,3-4H2,1-2H3,(H2,19,21,22,24). The van der Waals surface area contributed by atoms with Crippen LogP contribution >= 0.6 is 11.3 Å². The van der Waals surface area contributed by atoms with Crippen LogP contribution in [0, 0.1) is 0 Å². The highest BCUT2D eigenvalue weighted by Crippen LogP contribution is 2.28. The van der Waals surface area contributed by atoms with E-state index < -0.39 is 5.97 Å². The molecule has 3 heterocycles. The zero-order chi connectivity index (χ0) is 18.5. The normalized spacial score (nSPS) is 10.5. The molecule has 0 aliphatic heterocycles. The maximum Gasteiger partial charge on any atom is 0.339 e. The van der Waals surface area contributed by atoms with Crippen molar-refractivity contribution in [3.05, 3.63) is 36.3 Å². The van der Waals surface area contributed by atoms with Crippen LogP contribution in [0.25, 0.3) is 21.5 Å². The van der Waals surface area contributed by atoms with Crippen LogP contribution in [0.3, 0.4) is 0 Å². The number of hydrogen-bond acceptors (Lipinski definition) is 7. The summed E-state index contributed by atoms with van der Waals surface area (Å²) in [6.45, 7) is 4.42. The van der Waals surface area contributed by atoms with E-state index in [-0.39, 0.29) is 6.03 Å². The van der Waals surface area contributed by atoms with Gasteiger partial charge in [-0.25, -0.2) is 19.6 Å². The summed E-state index contributed by atoms with van der Waals surface area (Å²) in [4.78, 5) is 37.0. The quantitative estimate of drug-likeness (QED) is 0.668. The smallest absolute Gasteiger partial charge is 0.339 e. The van der Waals surface area contributed by atoms with Crippen molar-refractivity contribution in [3.8, 4) is 11.1 Å². The van der Waals surface area contributed by atoms with Crippen LogP contribution in [0.5, 0.6) is 0 Å². The molecule has 0 saturated heterocycles. The first-order valence-corrected chi connectivity index (χ1v) is 8.86. The summed E-state index contributed by atoms with van der Waals surface area (Å²) in [6.07, 6.45) is 4.79. The van der Waals surface area contributed by atoms with E-state index in [1.165, 1.54) is 17.5 Å². The van der Waals surface area contributed by atoms with E-state index in [0.717, 1.165) is 11.1 Å². The third-order valence-corrected chi connectivity index (χ3v) is 4.28. The van der Waals surface area contributed by atoms with Gasteiger partial charge in [-0.3, -0.25) is 10.3 Å². The maximum absolute atomic E-state index is 11.9. The lowest BCUT2D eigenvalue weighted by molar-refractivity contribution is 0.0526. The van der Waals surface area contributed by atoms with Crippen molar-refractivity contribution in [1.29, 1.82) is 0 Å². The number of ether oxygens (including phenoxy) is 1. The van der Waals surface area contributed by atoms with Gasteiger partial charge in [-0.1, -0.05) is 11.3 Å². The lowest BCUT2D eigenvalue weighted by Gasteiger charge is -2.04. The molecule has 0 spiro atoms. The van der Waals surface area contributed by atoms with Crippen LogP contribution in [0.2, 0.25) is 0 Å². The Morgan fingerprint density at radius 2 is 1.96 bits per heavy atom. The lowest BCUT2D eigenvalue weighted by atomic mass is 10.1. The van der Waals surface area contributed by atoms with E-state index in [9.17, 15) is 9.59 Å². The van der Waals surface area contributed by atoms with E-state index in [0.29, 0.717) is 34.2 Å². The molecule has 26 heavy (non-hydrogen) atoms. The summed E-state index contributed by atoms with van der Waals surface area (Å²) < 4.78 is 5.00. The molecule has 3 aromatic rings. The first-order valence-electron chi connectivity index (χ1n) is 8.04. The zero-order valence-corrected chi connectivity index (χ0v) is 15.1. The number of carbonyl (C=O) groups excluding carboxylic acids is 2. The predicted molar refractivity (Wildman–Crippen MR) is 99.3 cm³/mol. The molecular formula is C17H17N5O3S. The molecule has 0 radical (unpaired) electrons. The molecule has 9 heteroatoms. The number of anilines is 1. The average Bonchev–Trinajstić information content (AvgIpc) is 3.03. The fraction of sp³-hybridized carbons (Fsp3) is 0.235. The van der Waals surface area contributed by atoms with Gasteiger partial charge < -0.3 is 10.1 Å². The van der Waals surface area contributed by atoms with Gasteiger partial charge in [0.05, 0.1) is 12.2 Å². The second kappa shape index (κ2) is 7.87. The monoisotopic (exact) mass is 371 g/mol. The van der Waals surface area contributed by atoms with Crippen LogP contribution < -0.4 is 10.6 Å². The van der Waals surface area contributed by atoms with Crippen molar-refractivity contribution in [2.75, 3.05) is 18.5 Å². The van der Waals surface area contributed by atoms with Gasteiger partial charge in [0, 0.05) is 36.3 Å². The fourth-order valence-electron chi connectivity index (χ4n) is 2.26. The first-order chi connectivity index (χ1) is 12.6. The number of carbonyl (C=O) groups is 2. The Hall–Kier alpha value is -3.07. The largest absolute Gasteiger partial charge is 0.462 e. The summed E-state index contributed by atoms with van der Waals surface area (Å²) in [5, 5.41) is 5.79. The number of thiazole rings is 1. The van der Waals surface area contributed by atoms with Gasteiger partial charge in [0.1, 0.15) is 10.3 Å². The Balaban J connectivity index is 1.88. The van der Waals surface area contributed by atoms with Crippen LogP contribution in [0.15, 0.2) is 30.7 Å². The fourth-order valence-corrected chi connectivity index (χ4v) is 3.05. The number of nitrogens with one attached hydrogen (secondary N) is 2. The molecule has 0 saturated carbocycles.